The van der Waals surface area contributed by atoms with E-state index in [1.807, 2.05) is 12.1 Å². The molecular weight excluding hydrogens is 368 g/mol. The Balaban J connectivity index is 0.00000261. The summed E-state index contributed by atoms with van der Waals surface area (Å²) in [7, 11) is 0. The standard InChI is InChI=1S/C22H25F2NO.ClH/c23-19-9-3-16(4-10-19)17-7-13-21(14-8-17)25-15-1-2-22(26)18-5-11-20(24)12-6-18;/h3-6,9-12,17,21,25H,1-2,7-8,13-15H2;1H. The van der Waals surface area contributed by atoms with Crippen LogP contribution in [0.4, 0.5) is 8.78 Å². The molecule has 1 N–H and O–H groups in total. The second kappa shape index (κ2) is 10.5. The average molecular weight is 394 g/mol. The molecule has 0 aromatic heterocycles. The van der Waals surface area contributed by atoms with Crippen LogP contribution in [0.2, 0.25) is 0 Å². The number of carbonyl (C=O) groups excluding carboxylic acids is 1. The van der Waals surface area contributed by atoms with E-state index in [0.29, 0.717) is 23.9 Å². The van der Waals surface area contributed by atoms with Gasteiger partial charge in [-0.3, -0.25) is 4.79 Å². The van der Waals surface area contributed by atoms with E-state index in [1.165, 1.54) is 29.8 Å². The summed E-state index contributed by atoms with van der Waals surface area (Å²) in [4.78, 5) is 12.1. The first-order chi connectivity index (χ1) is 12.6. The Bertz CT molecular complexity index is 710. The highest BCUT2D eigenvalue weighted by atomic mass is 35.5. The molecule has 0 spiro atoms. The van der Waals surface area contributed by atoms with Crippen molar-refractivity contribution in [1.29, 1.82) is 0 Å². The van der Waals surface area contributed by atoms with E-state index in [4.69, 9.17) is 0 Å². The molecule has 0 saturated heterocycles. The lowest BCUT2D eigenvalue weighted by molar-refractivity contribution is 0.0979. The summed E-state index contributed by atoms with van der Waals surface area (Å²) in [5.74, 6) is 0.0827. The topological polar surface area (TPSA) is 29.1 Å². The van der Waals surface area contributed by atoms with Crippen molar-refractivity contribution in [1.82, 2.24) is 5.32 Å². The summed E-state index contributed by atoms with van der Waals surface area (Å²) in [6, 6.07) is 13.1. The van der Waals surface area contributed by atoms with Gasteiger partial charge in [-0.2, -0.15) is 0 Å². The Morgan fingerprint density at radius 1 is 0.889 bits per heavy atom. The highest BCUT2D eigenvalue weighted by Gasteiger charge is 2.21. The highest BCUT2D eigenvalue weighted by Crippen LogP contribution is 2.32. The number of rotatable bonds is 7. The molecule has 1 aliphatic rings. The van der Waals surface area contributed by atoms with Gasteiger partial charge in [0.25, 0.3) is 0 Å². The van der Waals surface area contributed by atoms with Crippen LogP contribution < -0.4 is 5.32 Å². The SMILES string of the molecule is Cl.O=C(CCCNC1CCC(c2ccc(F)cc2)CC1)c1ccc(F)cc1. The number of halogens is 3. The van der Waals surface area contributed by atoms with Crippen LogP contribution in [-0.2, 0) is 0 Å². The van der Waals surface area contributed by atoms with Crippen molar-refractivity contribution in [3.63, 3.8) is 0 Å². The molecule has 0 bridgehead atoms. The van der Waals surface area contributed by atoms with E-state index < -0.39 is 0 Å². The second-order valence-corrected chi connectivity index (χ2v) is 7.09. The van der Waals surface area contributed by atoms with E-state index >= 15 is 0 Å². The molecule has 3 rings (SSSR count). The minimum Gasteiger partial charge on any atom is -0.314 e. The number of nitrogens with one attached hydrogen (secondary N) is 1. The van der Waals surface area contributed by atoms with Crippen LogP contribution in [0.1, 0.15) is 60.4 Å². The van der Waals surface area contributed by atoms with Crippen molar-refractivity contribution >= 4 is 18.2 Å². The number of benzene rings is 2. The number of ketones is 1. The van der Waals surface area contributed by atoms with Crippen molar-refractivity contribution in [2.75, 3.05) is 6.54 Å². The molecule has 1 fully saturated rings. The normalized spacial score (nSPS) is 19.3. The molecule has 27 heavy (non-hydrogen) atoms. The predicted octanol–water partition coefficient (Wildman–Crippen LogP) is 5.67. The number of carbonyl (C=O) groups is 1. The number of Topliss-reactive ketones (excluding diaryl/α,β-unsaturated/α-hetero) is 1. The third-order valence-electron chi connectivity index (χ3n) is 5.25. The maximum Gasteiger partial charge on any atom is 0.162 e. The third-order valence-corrected chi connectivity index (χ3v) is 5.25. The molecule has 2 aromatic rings. The molecular formula is C22H26ClF2NO. The molecule has 5 heteroatoms. The van der Waals surface area contributed by atoms with Gasteiger partial charge < -0.3 is 5.32 Å². The molecule has 0 radical (unpaired) electrons. The number of hydrogen-bond acceptors (Lipinski definition) is 2. The lowest BCUT2D eigenvalue weighted by atomic mass is 9.82. The van der Waals surface area contributed by atoms with Gasteiger partial charge in [0.15, 0.2) is 5.78 Å². The smallest absolute Gasteiger partial charge is 0.162 e. The maximum absolute atomic E-state index is 13.0. The Labute approximate surface area is 165 Å². The summed E-state index contributed by atoms with van der Waals surface area (Å²) < 4.78 is 25.9. The number of hydrogen-bond donors (Lipinski definition) is 1. The van der Waals surface area contributed by atoms with Crippen LogP contribution in [0.25, 0.3) is 0 Å². The first kappa shape index (κ1) is 21.5. The zero-order valence-corrected chi connectivity index (χ0v) is 16.1. The Morgan fingerprint density at radius 2 is 1.44 bits per heavy atom. The molecule has 0 amide bonds. The Hall–Kier alpha value is -1.78. The van der Waals surface area contributed by atoms with Gasteiger partial charge in [0, 0.05) is 18.0 Å². The van der Waals surface area contributed by atoms with Crippen LogP contribution in [-0.4, -0.2) is 18.4 Å². The summed E-state index contributed by atoms with van der Waals surface area (Å²) in [6.07, 6.45) is 5.69. The molecule has 1 saturated carbocycles. The van der Waals surface area contributed by atoms with Crippen LogP contribution in [0.15, 0.2) is 48.5 Å². The second-order valence-electron chi connectivity index (χ2n) is 7.09. The van der Waals surface area contributed by atoms with Crippen LogP contribution in [0.3, 0.4) is 0 Å². The van der Waals surface area contributed by atoms with E-state index in [0.717, 1.165) is 38.6 Å². The molecule has 0 aliphatic heterocycles. The highest BCUT2D eigenvalue weighted by molar-refractivity contribution is 5.95. The minimum atomic E-state index is -0.320. The fourth-order valence-electron chi connectivity index (χ4n) is 3.70. The molecule has 2 nitrogen and oxygen atoms in total. The van der Waals surface area contributed by atoms with Crippen molar-refractivity contribution in [2.45, 2.75) is 50.5 Å². The van der Waals surface area contributed by atoms with E-state index in [-0.39, 0.29) is 29.8 Å². The van der Waals surface area contributed by atoms with Gasteiger partial charge in [-0.1, -0.05) is 12.1 Å². The van der Waals surface area contributed by atoms with Crippen molar-refractivity contribution in [3.05, 3.63) is 71.3 Å². The summed E-state index contributed by atoms with van der Waals surface area (Å²) in [5.41, 5.74) is 1.81. The van der Waals surface area contributed by atoms with Crippen molar-refractivity contribution in [2.24, 2.45) is 0 Å². The average Bonchev–Trinajstić information content (AvgIpc) is 2.67. The zero-order valence-electron chi connectivity index (χ0n) is 15.3. The van der Waals surface area contributed by atoms with Crippen LogP contribution in [0, 0.1) is 11.6 Å². The molecule has 0 atom stereocenters. The first-order valence-electron chi connectivity index (χ1n) is 9.39. The molecule has 146 valence electrons. The van der Waals surface area contributed by atoms with Crippen LogP contribution in [0.5, 0.6) is 0 Å². The molecule has 2 aromatic carbocycles. The lowest BCUT2D eigenvalue weighted by Crippen LogP contribution is -2.33. The van der Waals surface area contributed by atoms with Crippen LogP contribution >= 0.6 is 12.4 Å². The van der Waals surface area contributed by atoms with E-state index in [9.17, 15) is 13.6 Å². The monoisotopic (exact) mass is 393 g/mol. The minimum absolute atomic E-state index is 0. The van der Waals surface area contributed by atoms with Gasteiger partial charge in [0.2, 0.25) is 0 Å². The Kier molecular flexibility index (Phi) is 8.39. The van der Waals surface area contributed by atoms with Gasteiger partial charge in [-0.25, -0.2) is 8.78 Å². The van der Waals surface area contributed by atoms with E-state index in [2.05, 4.69) is 5.32 Å². The Morgan fingerprint density at radius 3 is 2.04 bits per heavy atom. The van der Waals surface area contributed by atoms with Crippen molar-refractivity contribution in [3.8, 4) is 0 Å². The van der Waals surface area contributed by atoms with Gasteiger partial charge in [-0.15, -0.1) is 12.4 Å². The molecule has 0 heterocycles. The largest absolute Gasteiger partial charge is 0.314 e. The van der Waals surface area contributed by atoms with Gasteiger partial charge in [-0.05, 0) is 86.5 Å². The van der Waals surface area contributed by atoms with Gasteiger partial charge in [0.05, 0.1) is 0 Å². The fourth-order valence-corrected chi connectivity index (χ4v) is 3.70. The summed E-state index contributed by atoms with van der Waals surface area (Å²) in [5, 5.41) is 3.55. The van der Waals surface area contributed by atoms with E-state index in [1.54, 1.807) is 12.1 Å². The molecule has 0 unspecified atom stereocenters. The summed E-state index contributed by atoms with van der Waals surface area (Å²) >= 11 is 0. The van der Waals surface area contributed by atoms with Gasteiger partial charge >= 0.3 is 0 Å². The van der Waals surface area contributed by atoms with Gasteiger partial charge in [0.1, 0.15) is 11.6 Å². The predicted molar refractivity (Wildman–Crippen MR) is 107 cm³/mol. The quantitative estimate of drug-likeness (QED) is 0.485. The lowest BCUT2D eigenvalue weighted by Gasteiger charge is -2.29. The zero-order chi connectivity index (χ0) is 18.4. The third kappa shape index (κ3) is 6.40. The fraction of sp³-hybridized carbons (Fsp3) is 0.409. The maximum atomic E-state index is 13.0. The molecule has 1 aliphatic carbocycles. The first-order valence-corrected chi connectivity index (χ1v) is 9.39. The van der Waals surface area contributed by atoms with Crippen molar-refractivity contribution < 1.29 is 13.6 Å². The summed E-state index contributed by atoms with van der Waals surface area (Å²) in [6.45, 7) is 0.818.